The summed E-state index contributed by atoms with van der Waals surface area (Å²) in [5, 5.41) is 22.9. The maximum absolute atomic E-state index is 14.1. The van der Waals surface area contributed by atoms with E-state index in [-0.39, 0.29) is 11.4 Å². The van der Waals surface area contributed by atoms with Crippen molar-refractivity contribution >= 4 is 17.6 Å². The van der Waals surface area contributed by atoms with E-state index in [9.17, 15) is 4.39 Å². The minimum atomic E-state index is -0.513. The lowest BCUT2D eigenvalue weighted by atomic mass is 10.1. The number of halogens is 1. The summed E-state index contributed by atoms with van der Waals surface area (Å²) in [5.74, 6) is -0.433. The fraction of sp³-hybridized carbons (Fsp3) is 0.200. The van der Waals surface area contributed by atoms with Crippen molar-refractivity contribution in [3.63, 3.8) is 0 Å². The van der Waals surface area contributed by atoms with E-state index < -0.39 is 5.82 Å². The molecule has 2 rings (SSSR count). The van der Waals surface area contributed by atoms with Gasteiger partial charge in [0.25, 0.3) is 0 Å². The summed E-state index contributed by atoms with van der Waals surface area (Å²) in [5.41, 5.74) is 5.89. The van der Waals surface area contributed by atoms with Crippen molar-refractivity contribution in [2.45, 2.75) is 10.9 Å². The predicted molar refractivity (Wildman–Crippen MR) is 67.3 cm³/mol. The van der Waals surface area contributed by atoms with E-state index in [1.165, 1.54) is 22.5 Å². The highest BCUT2D eigenvalue weighted by atomic mass is 32.2. The first kappa shape index (κ1) is 13.3. The van der Waals surface area contributed by atoms with Crippen LogP contribution in [0.3, 0.4) is 0 Å². The van der Waals surface area contributed by atoms with E-state index in [1.807, 2.05) is 0 Å². The SMILES string of the molecule is Cn1nnnc1SCc1cccc(/C(N)=N/O)c1F. The van der Waals surface area contributed by atoms with Crippen LogP contribution in [0.25, 0.3) is 0 Å². The van der Waals surface area contributed by atoms with Gasteiger partial charge in [0.2, 0.25) is 5.16 Å². The largest absolute Gasteiger partial charge is 0.409 e. The molecular formula is C10H11FN6OS. The Kier molecular flexibility index (Phi) is 3.95. The van der Waals surface area contributed by atoms with Gasteiger partial charge in [0.1, 0.15) is 5.82 Å². The summed E-state index contributed by atoms with van der Waals surface area (Å²) >= 11 is 1.29. The molecular weight excluding hydrogens is 271 g/mol. The quantitative estimate of drug-likeness (QED) is 0.282. The molecule has 0 aliphatic carbocycles. The molecule has 100 valence electrons. The molecule has 7 nitrogen and oxygen atoms in total. The third-order valence-electron chi connectivity index (χ3n) is 2.40. The van der Waals surface area contributed by atoms with Crippen molar-refractivity contribution in [3.05, 3.63) is 35.1 Å². The first-order valence-electron chi connectivity index (χ1n) is 5.24. The number of benzene rings is 1. The van der Waals surface area contributed by atoms with Gasteiger partial charge in [0.15, 0.2) is 5.84 Å². The lowest BCUT2D eigenvalue weighted by Gasteiger charge is -2.06. The molecule has 0 bridgehead atoms. The molecule has 1 heterocycles. The van der Waals surface area contributed by atoms with Gasteiger partial charge >= 0.3 is 0 Å². The van der Waals surface area contributed by atoms with Gasteiger partial charge in [-0.1, -0.05) is 29.1 Å². The maximum Gasteiger partial charge on any atom is 0.209 e. The van der Waals surface area contributed by atoms with Crippen LogP contribution in [0.5, 0.6) is 0 Å². The third kappa shape index (κ3) is 2.81. The van der Waals surface area contributed by atoms with Crippen molar-refractivity contribution in [2.24, 2.45) is 17.9 Å². The average molecular weight is 282 g/mol. The lowest BCUT2D eigenvalue weighted by molar-refractivity contribution is 0.318. The summed E-state index contributed by atoms with van der Waals surface area (Å²) in [7, 11) is 1.70. The van der Waals surface area contributed by atoms with Gasteiger partial charge in [-0.2, -0.15) is 0 Å². The number of nitrogens with two attached hydrogens (primary N) is 1. The molecule has 0 atom stereocenters. The number of oxime groups is 1. The molecule has 19 heavy (non-hydrogen) atoms. The van der Waals surface area contributed by atoms with Crippen molar-refractivity contribution in [1.82, 2.24) is 20.2 Å². The Labute approximate surface area is 112 Å². The maximum atomic E-state index is 14.1. The molecule has 0 fully saturated rings. The second-order valence-electron chi connectivity index (χ2n) is 3.64. The number of tetrazole rings is 1. The molecule has 0 amide bonds. The molecule has 0 radical (unpaired) electrons. The third-order valence-corrected chi connectivity index (χ3v) is 3.46. The molecule has 1 aromatic carbocycles. The van der Waals surface area contributed by atoms with Crippen LogP contribution in [0.15, 0.2) is 28.5 Å². The van der Waals surface area contributed by atoms with Crippen LogP contribution in [0.4, 0.5) is 4.39 Å². The van der Waals surface area contributed by atoms with Crippen LogP contribution >= 0.6 is 11.8 Å². The molecule has 0 saturated carbocycles. The number of hydrogen-bond donors (Lipinski definition) is 2. The highest BCUT2D eigenvalue weighted by Crippen LogP contribution is 2.22. The molecule has 0 aliphatic rings. The normalized spacial score (nSPS) is 11.8. The molecule has 2 aromatic rings. The van der Waals surface area contributed by atoms with E-state index >= 15 is 0 Å². The van der Waals surface area contributed by atoms with Crippen LogP contribution in [-0.4, -0.2) is 31.3 Å². The van der Waals surface area contributed by atoms with E-state index in [0.29, 0.717) is 16.5 Å². The van der Waals surface area contributed by atoms with E-state index in [0.717, 1.165) is 0 Å². The zero-order valence-corrected chi connectivity index (χ0v) is 10.8. The molecule has 1 aromatic heterocycles. The summed E-state index contributed by atoms with van der Waals surface area (Å²) in [6.07, 6.45) is 0. The molecule has 3 N–H and O–H groups in total. The Morgan fingerprint density at radius 3 is 3.00 bits per heavy atom. The van der Waals surface area contributed by atoms with Gasteiger partial charge in [-0.05, 0) is 22.1 Å². The molecule has 0 unspecified atom stereocenters. The number of aromatic nitrogens is 4. The number of nitrogens with zero attached hydrogens (tertiary/aromatic N) is 5. The molecule has 0 spiro atoms. The first-order chi connectivity index (χ1) is 9.13. The topological polar surface area (TPSA) is 102 Å². The van der Waals surface area contributed by atoms with Crippen LogP contribution in [-0.2, 0) is 12.8 Å². The van der Waals surface area contributed by atoms with Crippen molar-refractivity contribution in [3.8, 4) is 0 Å². The van der Waals surface area contributed by atoms with Crippen molar-refractivity contribution in [1.29, 1.82) is 0 Å². The zero-order chi connectivity index (χ0) is 13.8. The Balaban J connectivity index is 2.20. The fourth-order valence-corrected chi connectivity index (χ4v) is 2.25. The van der Waals surface area contributed by atoms with Gasteiger partial charge in [0, 0.05) is 12.8 Å². The Morgan fingerprint density at radius 1 is 1.58 bits per heavy atom. The monoisotopic (exact) mass is 282 g/mol. The summed E-state index contributed by atoms with van der Waals surface area (Å²) in [6, 6.07) is 4.71. The Hall–Kier alpha value is -2.16. The summed E-state index contributed by atoms with van der Waals surface area (Å²) < 4.78 is 15.6. The number of hydrogen-bond acceptors (Lipinski definition) is 6. The van der Waals surface area contributed by atoms with E-state index in [2.05, 4.69) is 20.7 Å². The minimum absolute atomic E-state index is 0.0664. The average Bonchev–Trinajstić information content (AvgIpc) is 2.82. The van der Waals surface area contributed by atoms with Crippen LogP contribution in [0.2, 0.25) is 0 Å². The standard InChI is InChI=1S/C10H11FN6OS/c1-17-10(13-15-16-17)19-5-6-3-2-4-7(8(6)11)9(12)14-18/h2-4,18H,5H2,1H3,(H2,12,14). The van der Waals surface area contributed by atoms with Crippen molar-refractivity contribution in [2.75, 3.05) is 0 Å². The smallest absolute Gasteiger partial charge is 0.209 e. The lowest BCUT2D eigenvalue weighted by Crippen LogP contribution is -2.15. The van der Waals surface area contributed by atoms with Gasteiger partial charge in [-0.3, -0.25) is 0 Å². The van der Waals surface area contributed by atoms with Gasteiger partial charge in [-0.15, -0.1) is 5.10 Å². The van der Waals surface area contributed by atoms with Gasteiger partial charge in [0.05, 0.1) is 5.56 Å². The number of thioether (sulfide) groups is 1. The number of rotatable bonds is 4. The second kappa shape index (κ2) is 5.65. The highest BCUT2D eigenvalue weighted by Gasteiger charge is 2.12. The highest BCUT2D eigenvalue weighted by molar-refractivity contribution is 7.98. The fourth-order valence-electron chi connectivity index (χ4n) is 1.43. The predicted octanol–water partition coefficient (Wildman–Crippen LogP) is 0.736. The van der Waals surface area contributed by atoms with Crippen molar-refractivity contribution < 1.29 is 9.60 Å². The number of aryl methyl sites for hydroxylation is 1. The Bertz CT molecular complexity index is 614. The van der Waals surface area contributed by atoms with Gasteiger partial charge < -0.3 is 10.9 Å². The number of amidine groups is 1. The molecule has 9 heteroatoms. The molecule has 0 aliphatic heterocycles. The minimum Gasteiger partial charge on any atom is -0.409 e. The molecule has 0 saturated heterocycles. The zero-order valence-electron chi connectivity index (χ0n) is 9.99. The Morgan fingerprint density at radius 2 is 2.37 bits per heavy atom. The van der Waals surface area contributed by atoms with E-state index in [4.69, 9.17) is 10.9 Å². The summed E-state index contributed by atoms with van der Waals surface area (Å²) in [4.78, 5) is 0. The first-order valence-corrected chi connectivity index (χ1v) is 6.22. The van der Waals surface area contributed by atoms with Crippen LogP contribution in [0, 0.1) is 5.82 Å². The second-order valence-corrected chi connectivity index (χ2v) is 4.58. The van der Waals surface area contributed by atoms with Crippen LogP contribution < -0.4 is 5.73 Å². The van der Waals surface area contributed by atoms with Crippen LogP contribution in [0.1, 0.15) is 11.1 Å². The summed E-state index contributed by atoms with van der Waals surface area (Å²) in [6.45, 7) is 0. The van der Waals surface area contributed by atoms with Gasteiger partial charge in [-0.25, -0.2) is 9.07 Å². The van der Waals surface area contributed by atoms with E-state index in [1.54, 1.807) is 19.2 Å².